The molecule has 0 radical (unpaired) electrons. The Morgan fingerprint density at radius 1 is 1.10 bits per heavy atom. The molecule has 6 heteroatoms. The minimum absolute atomic E-state index is 0.0809. The molecule has 3 rings (SSSR count). The first-order valence-corrected chi connectivity index (χ1v) is 6.69. The van der Waals surface area contributed by atoms with Gasteiger partial charge in [-0.3, -0.25) is 16.3 Å². The molecule has 1 unspecified atom stereocenters. The van der Waals surface area contributed by atoms with E-state index in [4.69, 9.17) is 5.84 Å². The maximum atomic E-state index is 5.72. The van der Waals surface area contributed by atoms with Crippen molar-refractivity contribution in [2.75, 3.05) is 0 Å². The van der Waals surface area contributed by atoms with Crippen LogP contribution in [0.1, 0.15) is 17.3 Å². The highest BCUT2D eigenvalue weighted by molar-refractivity contribution is 5.32. The highest BCUT2D eigenvalue weighted by Crippen LogP contribution is 2.19. The van der Waals surface area contributed by atoms with E-state index in [1.807, 2.05) is 42.5 Å². The molecule has 0 aliphatic heterocycles. The smallest absolute Gasteiger partial charge is 0.0832 e. The van der Waals surface area contributed by atoms with Crippen molar-refractivity contribution in [2.45, 2.75) is 12.5 Å². The first-order valence-electron chi connectivity index (χ1n) is 6.69. The normalized spacial score (nSPS) is 12.2. The van der Waals surface area contributed by atoms with Crippen molar-refractivity contribution in [2.24, 2.45) is 5.84 Å². The zero-order valence-corrected chi connectivity index (χ0v) is 11.4. The topological polar surface area (TPSA) is 81.7 Å². The van der Waals surface area contributed by atoms with Gasteiger partial charge in [0.25, 0.3) is 0 Å². The van der Waals surface area contributed by atoms with E-state index in [0.29, 0.717) is 0 Å². The van der Waals surface area contributed by atoms with Crippen LogP contribution in [0.25, 0.3) is 5.69 Å². The molecule has 0 aliphatic carbocycles. The molecule has 6 nitrogen and oxygen atoms in total. The lowest BCUT2D eigenvalue weighted by Gasteiger charge is -2.17. The number of pyridine rings is 1. The van der Waals surface area contributed by atoms with Crippen molar-refractivity contribution >= 4 is 0 Å². The van der Waals surface area contributed by atoms with E-state index in [2.05, 4.69) is 20.7 Å². The van der Waals surface area contributed by atoms with Crippen molar-refractivity contribution in [1.82, 2.24) is 25.4 Å². The van der Waals surface area contributed by atoms with E-state index >= 15 is 0 Å². The summed E-state index contributed by atoms with van der Waals surface area (Å²) in [7, 11) is 0. The van der Waals surface area contributed by atoms with E-state index in [-0.39, 0.29) is 6.04 Å². The maximum Gasteiger partial charge on any atom is 0.0832 e. The Labute approximate surface area is 122 Å². The van der Waals surface area contributed by atoms with Crippen LogP contribution in [0.15, 0.2) is 61.1 Å². The molecule has 0 saturated carbocycles. The van der Waals surface area contributed by atoms with Gasteiger partial charge in [-0.25, -0.2) is 4.68 Å². The van der Waals surface area contributed by atoms with Gasteiger partial charge in [-0.05, 0) is 36.2 Å². The molecule has 1 atom stereocenters. The van der Waals surface area contributed by atoms with Crippen LogP contribution >= 0.6 is 0 Å². The third kappa shape index (κ3) is 2.96. The predicted octanol–water partition coefficient (Wildman–Crippen LogP) is 1.41. The molecule has 21 heavy (non-hydrogen) atoms. The molecule has 0 fully saturated rings. The van der Waals surface area contributed by atoms with E-state index in [0.717, 1.165) is 23.4 Å². The SMILES string of the molecule is NNC(Cc1ccncc1)c1cnnn1-c1ccccc1. The summed E-state index contributed by atoms with van der Waals surface area (Å²) in [5, 5.41) is 8.17. The van der Waals surface area contributed by atoms with Crippen molar-refractivity contribution < 1.29 is 0 Å². The third-order valence-electron chi connectivity index (χ3n) is 3.32. The summed E-state index contributed by atoms with van der Waals surface area (Å²) >= 11 is 0. The van der Waals surface area contributed by atoms with Gasteiger partial charge in [0.15, 0.2) is 0 Å². The van der Waals surface area contributed by atoms with Crippen LogP contribution in [0, 0.1) is 0 Å². The minimum Gasteiger partial charge on any atom is -0.271 e. The third-order valence-corrected chi connectivity index (χ3v) is 3.32. The first-order chi connectivity index (χ1) is 10.4. The van der Waals surface area contributed by atoms with Crippen LogP contribution < -0.4 is 11.3 Å². The number of benzene rings is 1. The predicted molar refractivity (Wildman–Crippen MR) is 79.4 cm³/mol. The maximum absolute atomic E-state index is 5.72. The van der Waals surface area contributed by atoms with Crippen LogP contribution in [-0.2, 0) is 6.42 Å². The molecule has 3 N–H and O–H groups in total. The van der Waals surface area contributed by atoms with E-state index in [1.165, 1.54) is 0 Å². The zero-order chi connectivity index (χ0) is 14.5. The monoisotopic (exact) mass is 280 g/mol. The van der Waals surface area contributed by atoms with Gasteiger partial charge in [0.1, 0.15) is 0 Å². The lowest BCUT2D eigenvalue weighted by atomic mass is 10.1. The largest absolute Gasteiger partial charge is 0.271 e. The van der Waals surface area contributed by atoms with E-state index in [1.54, 1.807) is 23.3 Å². The summed E-state index contributed by atoms with van der Waals surface area (Å²) in [5.41, 5.74) is 5.86. The Balaban J connectivity index is 1.90. The zero-order valence-electron chi connectivity index (χ0n) is 11.4. The number of rotatable bonds is 5. The van der Waals surface area contributed by atoms with Gasteiger partial charge in [-0.15, -0.1) is 5.10 Å². The second-order valence-corrected chi connectivity index (χ2v) is 4.69. The van der Waals surface area contributed by atoms with Crippen LogP contribution in [0.5, 0.6) is 0 Å². The van der Waals surface area contributed by atoms with Crippen LogP contribution in [0.3, 0.4) is 0 Å². The van der Waals surface area contributed by atoms with Crippen molar-refractivity contribution in [1.29, 1.82) is 0 Å². The van der Waals surface area contributed by atoms with Crippen LogP contribution in [0.4, 0.5) is 0 Å². The molecule has 106 valence electrons. The number of para-hydroxylation sites is 1. The van der Waals surface area contributed by atoms with E-state index < -0.39 is 0 Å². The summed E-state index contributed by atoms with van der Waals surface area (Å²) in [5.74, 6) is 5.72. The summed E-state index contributed by atoms with van der Waals surface area (Å²) in [4.78, 5) is 4.02. The number of hydrogen-bond acceptors (Lipinski definition) is 5. The van der Waals surface area contributed by atoms with Gasteiger partial charge >= 0.3 is 0 Å². The standard InChI is InChI=1S/C15H16N6/c16-19-14(10-12-6-8-17-9-7-12)15-11-18-20-21(15)13-4-2-1-3-5-13/h1-9,11,14,19H,10,16H2. The number of hydrazine groups is 1. The Bertz CT molecular complexity index is 680. The summed E-state index contributed by atoms with van der Waals surface area (Å²) in [6.07, 6.45) is 6.02. The van der Waals surface area contributed by atoms with Gasteiger partial charge in [0.2, 0.25) is 0 Å². The highest BCUT2D eigenvalue weighted by atomic mass is 15.4. The first kappa shape index (κ1) is 13.4. The van der Waals surface area contributed by atoms with Crippen molar-refractivity contribution in [3.05, 3.63) is 72.3 Å². The summed E-state index contributed by atoms with van der Waals surface area (Å²) in [6.45, 7) is 0. The lowest BCUT2D eigenvalue weighted by molar-refractivity contribution is 0.521. The molecule has 2 heterocycles. The molecule has 2 aromatic heterocycles. The Hall–Kier alpha value is -2.57. The van der Waals surface area contributed by atoms with Gasteiger partial charge in [-0.2, -0.15) is 0 Å². The van der Waals surface area contributed by atoms with Gasteiger partial charge in [0, 0.05) is 12.4 Å². The quantitative estimate of drug-likeness (QED) is 0.545. The number of aromatic nitrogens is 4. The fraction of sp³-hybridized carbons (Fsp3) is 0.133. The van der Waals surface area contributed by atoms with E-state index in [9.17, 15) is 0 Å². The Morgan fingerprint density at radius 2 is 1.86 bits per heavy atom. The number of hydrogen-bond donors (Lipinski definition) is 2. The molecule has 0 aliphatic rings. The molecule has 0 bridgehead atoms. The number of nitrogens with zero attached hydrogens (tertiary/aromatic N) is 4. The fourth-order valence-corrected chi connectivity index (χ4v) is 2.25. The molecule has 0 saturated heterocycles. The van der Waals surface area contributed by atoms with Gasteiger partial charge < -0.3 is 0 Å². The Kier molecular flexibility index (Phi) is 3.99. The van der Waals surface area contributed by atoms with Gasteiger partial charge in [0.05, 0.1) is 23.6 Å². The number of nitrogens with one attached hydrogen (secondary N) is 1. The highest BCUT2D eigenvalue weighted by Gasteiger charge is 2.17. The van der Waals surface area contributed by atoms with Crippen molar-refractivity contribution in [3.63, 3.8) is 0 Å². The fourth-order valence-electron chi connectivity index (χ4n) is 2.25. The lowest BCUT2D eigenvalue weighted by Crippen LogP contribution is -2.31. The molecule has 3 aromatic rings. The number of nitrogens with two attached hydrogens (primary N) is 1. The average Bonchev–Trinajstić information content (AvgIpc) is 3.04. The summed E-state index contributed by atoms with van der Waals surface area (Å²) < 4.78 is 1.80. The Morgan fingerprint density at radius 3 is 2.57 bits per heavy atom. The molecule has 0 spiro atoms. The van der Waals surface area contributed by atoms with Crippen LogP contribution in [0.2, 0.25) is 0 Å². The average molecular weight is 280 g/mol. The minimum atomic E-state index is -0.0809. The second kappa shape index (κ2) is 6.25. The van der Waals surface area contributed by atoms with Crippen LogP contribution in [-0.4, -0.2) is 20.0 Å². The molecule has 1 aromatic carbocycles. The van der Waals surface area contributed by atoms with Gasteiger partial charge in [-0.1, -0.05) is 23.4 Å². The van der Waals surface area contributed by atoms with Crippen molar-refractivity contribution in [3.8, 4) is 5.69 Å². The second-order valence-electron chi connectivity index (χ2n) is 4.69. The molecular weight excluding hydrogens is 264 g/mol. The molecule has 0 amide bonds. The summed E-state index contributed by atoms with van der Waals surface area (Å²) in [6, 6.07) is 13.7. The molecular formula is C15H16N6.